The first-order valence-corrected chi connectivity index (χ1v) is 7.26. The zero-order valence-corrected chi connectivity index (χ0v) is 11.3. The second-order valence-electron chi connectivity index (χ2n) is 5.82. The van der Waals surface area contributed by atoms with E-state index in [-0.39, 0.29) is 5.92 Å². The molecule has 0 bridgehead atoms. The molecular formula is C15H27FO. The predicted molar refractivity (Wildman–Crippen MR) is 69.7 cm³/mol. The predicted octanol–water partition coefficient (Wildman–Crippen LogP) is 4.55. The number of hydrogen-bond acceptors (Lipinski definition) is 1. The number of rotatable bonds is 7. The monoisotopic (exact) mass is 242 g/mol. The molecule has 1 aliphatic carbocycles. The highest BCUT2D eigenvalue weighted by Gasteiger charge is 2.29. The summed E-state index contributed by atoms with van der Waals surface area (Å²) in [7, 11) is 0. The molecule has 4 atom stereocenters. The van der Waals surface area contributed by atoms with E-state index in [0.29, 0.717) is 12.3 Å². The minimum absolute atomic E-state index is 0.315. The maximum Gasteiger partial charge on any atom is 0.125 e. The van der Waals surface area contributed by atoms with Crippen molar-refractivity contribution in [3.05, 3.63) is 0 Å². The highest BCUT2D eigenvalue weighted by molar-refractivity contribution is 5.54. The number of alkyl halides is 1. The SMILES string of the molecule is CCCC(C)CCCC1CCC(C=O)C(F)C1. The summed E-state index contributed by atoms with van der Waals surface area (Å²) in [5.41, 5.74) is 0. The second kappa shape index (κ2) is 7.84. The average Bonchev–Trinajstić information content (AvgIpc) is 2.29. The molecule has 0 radical (unpaired) electrons. The van der Waals surface area contributed by atoms with Gasteiger partial charge in [0.1, 0.15) is 12.5 Å². The van der Waals surface area contributed by atoms with Gasteiger partial charge in [0.25, 0.3) is 0 Å². The summed E-state index contributed by atoms with van der Waals surface area (Å²) in [6.45, 7) is 4.54. The minimum atomic E-state index is -0.876. The fourth-order valence-corrected chi connectivity index (χ4v) is 3.03. The van der Waals surface area contributed by atoms with Crippen molar-refractivity contribution < 1.29 is 9.18 Å². The Morgan fingerprint density at radius 1 is 1.35 bits per heavy atom. The third kappa shape index (κ3) is 5.18. The van der Waals surface area contributed by atoms with Crippen molar-refractivity contribution in [3.63, 3.8) is 0 Å². The van der Waals surface area contributed by atoms with E-state index in [4.69, 9.17) is 0 Å². The summed E-state index contributed by atoms with van der Waals surface area (Å²) in [5.74, 6) is 1.02. The molecule has 0 N–H and O–H groups in total. The van der Waals surface area contributed by atoms with Gasteiger partial charge in [0.2, 0.25) is 0 Å². The number of aldehydes is 1. The van der Waals surface area contributed by atoms with Crippen molar-refractivity contribution in [2.24, 2.45) is 17.8 Å². The van der Waals surface area contributed by atoms with E-state index in [1.54, 1.807) is 0 Å². The zero-order valence-electron chi connectivity index (χ0n) is 11.3. The number of carbonyl (C=O) groups excluding carboxylic acids is 1. The summed E-state index contributed by atoms with van der Waals surface area (Å²) >= 11 is 0. The Hall–Kier alpha value is -0.400. The average molecular weight is 242 g/mol. The summed E-state index contributed by atoms with van der Waals surface area (Å²) in [6, 6.07) is 0. The highest BCUT2D eigenvalue weighted by atomic mass is 19.1. The summed E-state index contributed by atoms with van der Waals surface area (Å²) < 4.78 is 13.6. The molecule has 0 amide bonds. The lowest BCUT2D eigenvalue weighted by atomic mass is 9.79. The van der Waals surface area contributed by atoms with Gasteiger partial charge in [-0.3, -0.25) is 0 Å². The summed E-state index contributed by atoms with van der Waals surface area (Å²) in [6.07, 6.45) is 8.59. The standard InChI is InChI=1S/C15H27FO/c1-3-5-12(2)6-4-7-13-8-9-14(11-17)15(16)10-13/h11-15H,3-10H2,1-2H3. The number of carbonyl (C=O) groups is 1. The topological polar surface area (TPSA) is 17.1 Å². The molecule has 0 aliphatic heterocycles. The van der Waals surface area contributed by atoms with E-state index in [9.17, 15) is 9.18 Å². The van der Waals surface area contributed by atoms with E-state index in [1.165, 1.54) is 25.7 Å². The first-order valence-electron chi connectivity index (χ1n) is 7.26. The van der Waals surface area contributed by atoms with Gasteiger partial charge in [-0.2, -0.15) is 0 Å². The Bertz CT molecular complexity index is 217. The van der Waals surface area contributed by atoms with Crippen LogP contribution in [0.3, 0.4) is 0 Å². The molecule has 2 heteroatoms. The van der Waals surface area contributed by atoms with Gasteiger partial charge in [0.05, 0.1) is 0 Å². The van der Waals surface area contributed by atoms with Crippen LogP contribution in [0.4, 0.5) is 4.39 Å². The van der Waals surface area contributed by atoms with E-state index in [1.807, 2.05) is 0 Å². The Kier molecular flexibility index (Phi) is 6.76. The lowest BCUT2D eigenvalue weighted by molar-refractivity contribution is -0.114. The van der Waals surface area contributed by atoms with Crippen molar-refractivity contribution >= 4 is 6.29 Å². The van der Waals surface area contributed by atoms with Gasteiger partial charge in [-0.15, -0.1) is 0 Å². The first kappa shape index (κ1) is 14.7. The fourth-order valence-electron chi connectivity index (χ4n) is 3.03. The maximum atomic E-state index is 13.6. The van der Waals surface area contributed by atoms with Gasteiger partial charge in [-0.05, 0) is 31.1 Å². The maximum absolute atomic E-state index is 13.6. The molecular weight excluding hydrogens is 215 g/mol. The van der Waals surface area contributed by atoms with Crippen LogP contribution in [0.2, 0.25) is 0 Å². The molecule has 1 rings (SSSR count). The molecule has 0 aromatic carbocycles. The molecule has 0 aromatic rings. The van der Waals surface area contributed by atoms with Crippen LogP contribution >= 0.6 is 0 Å². The van der Waals surface area contributed by atoms with Crippen molar-refractivity contribution in [2.75, 3.05) is 0 Å². The Morgan fingerprint density at radius 3 is 2.71 bits per heavy atom. The van der Waals surface area contributed by atoms with Gasteiger partial charge in [-0.25, -0.2) is 4.39 Å². The third-order valence-corrected chi connectivity index (χ3v) is 4.20. The molecule has 0 saturated heterocycles. The zero-order chi connectivity index (χ0) is 12.7. The molecule has 0 heterocycles. The molecule has 4 unspecified atom stereocenters. The number of halogens is 1. The largest absolute Gasteiger partial charge is 0.303 e. The molecule has 1 saturated carbocycles. The quantitative estimate of drug-likeness (QED) is 0.599. The van der Waals surface area contributed by atoms with Crippen molar-refractivity contribution in [3.8, 4) is 0 Å². The number of hydrogen-bond donors (Lipinski definition) is 0. The van der Waals surface area contributed by atoms with Crippen LogP contribution in [0, 0.1) is 17.8 Å². The van der Waals surface area contributed by atoms with E-state index in [0.717, 1.165) is 31.5 Å². The van der Waals surface area contributed by atoms with E-state index in [2.05, 4.69) is 13.8 Å². The summed E-state index contributed by atoms with van der Waals surface area (Å²) in [5, 5.41) is 0. The smallest absolute Gasteiger partial charge is 0.125 e. The van der Waals surface area contributed by atoms with Gasteiger partial charge in [-0.1, -0.05) is 46.0 Å². The van der Waals surface area contributed by atoms with Crippen molar-refractivity contribution in [1.29, 1.82) is 0 Å². The molecule has 17 heavy (non-hydrogen) atoms. The van der Waals surface area contributed by atoms with Gasteiger partial charge in [0, 0.05) is 5.92 Å². The van der Waals surface area contributed by atoms with Crippen LogP contribution in [0.1, 0.15) is 65.2 Å². The van der Waals surface area contributed by atoms with Crippen LogP contribution in [0.5, 0.6) is 0 Å². The molecule has 1 aliphatic rings. The van der Waals surface area contributed by atoms with Crippen molar-refractivity contribution in [2.45, 2.75) is 71.4 Å². The van der Waals surface area contributed by atoms with Gasteiger partial charge >= 0.3 is 0 Å². The van der Waals surface area contributed by atoms with Crippen LogP contribution in [0.15, 0.2) is 0 Å². The van der Waals surface area contributed by atoms with Gasteiger partial charge in [0.15, 0.2) is 0 Å². The van der Waals surface area contributed by atoms with Crippen LogP contribution in [0.25, 0.3) is 0 Å². The highest BCUT2D eigenvalue weighted by Crippen LogP contribution is 2.33. The van der Waals surface area contributed by atoms with E-state index < -0.39 is 6.17 Å². The molecule has 1 fully saturated rings. The molecule has 100 valence electrons. The Balaban J connectivity index is 2.14. The fraction of sp³-hybridized carbons (Fsp3) is 0.933. The second-order valence-corrected chi connectivity index (χ2v) is 5.82. The summed E-state index contributed by atoms with van der Waals surface area (Å²) in [4.78, 5) is 10.6. The van der Waals surface area contributed by atoms with E-state index >= 15 is 0 Å². The minimum Gasteiger partial charge on any atom is -0.303 e. The lowest BCUT2D eigenvalue weighted by Crippen LogP contribution is -2.27. The first-order chi connectivity index (χ1) is 8.17. The molecule has 0 aromatic heterocycles. The van der Waals surface area contributed by atoms with Crippen LogP contribution < -0.4 is 0 Å². The van der Waals surface area contributed by atoms with Gasteiger partial charge < -0.3 is 4.79 Å². The van der Waals surface area contributed by atoms with Crippen LogP contribution in [-0.4, -0.2) is 12.5 Å². The molecule has 1 nitrogen and oxygen atoms in total. The third-order valence-electron chi connectivity index (χ3n) is 4.20. The lowest BCUT2D eigenvalue weighted by Gasteiger charge is -2.28. The van der Waals surface area contributed by atoms with Crippen LogP contribution in [-0.2, 0) is 4.79 Å². The Morgan fingerprint density at radius 2 is 2.12 bits per heavy atom. The Labute approximate surface area is 105 Å². The normalized spacial score (nSPS) is 31.1. The molecule has 0 spiro atoms. The van der Waals surface area contributed by atoms with Crippen molar-refractivity contribution in [1.82, 2.24) is 0 Å².